The number of urea groups is 1. The van der Waals surface area contributed by atoms with Gasteiger partial charge >= 0.3 is 6.03 Å². The van der Waals surface area contributed by atoms with Gasteiger partial charge in [-0.05, 0) is 12.0 Å². The van der Waals surface area contributed by atoms with E-state index in [0.717, 1.165) is 18.4 Å². The molecule has 34 heavy (non-hydrogen) atoms. The molecule has 9 nitrogen and oxygen atoms in total. The molecule has 0 bridgehead atoms. The lowest BCUT2D eigenvalue weighted by molar-refractivity contribution is -0.190. The monoisotopic (exact) mass is 469 g/mol. The number of benzene rings is 1. The second kappa shape index (κ2) is 12.4. The standard InChI is InChI=1S/C25H35N5O4/c1-4-7-13-21-24(32)27(14-16-34-15-5-2)18-22-29(21)23(31)19-28(6-3)30(22)25(33)26-17-20-11-9-8-10-12-20/h2,8-12,21-22H,4,6-7,13-19H2,1,3H3,(H,26,33)/t21-,22-/m0/s1. The maximum Gasteiger partial charge on any atom is 0.334 e. The fraction of sp³-hybridized carbons (Fsp3) is 0.560. The van der Waals surface area contributed by atoms with Crippen LogP contribution >= 0.6 is 0 Å². The number of ether oxygens (including phenoxy) is 1. The van der Waals surface area contributed by atoms with Gasteiger partial charge in [0.2, 0.25) is 11.8 Å². The number of piperazine rings is 1. The van der Waals surface area contributed by atoms with Crippen LogP contribution < -0.4 is 5.32 Å². The highest BCUT2D eigenvalue weighted by Crippen LogP contribution is 2.28. The minimum absolute atomic E-state index is 0.0624. The molecule has 4 amide bonds. The molecule has 2 fully saturated rings. The molecular formula is C25H35N5O4. The molecule has 1 aromatic carbocycles. The lowest BCUT2D eigenvalue weighted by Crippen LogP contribution is -2.76. The summed E-state index contributed by atoms with van der Waals surface area (Å²) in [4.78, 5) is 43.2. The summed E-state index contributed by atoms with van der Waals surface area (Å²) in [5, 5.41) is 6.35. The number of unbranched alkanes of at least 4 members (excludes halogenated alkanes) is 1. The first kappa shape index (κ1) is 25.5. The van der Waals surface area contributed by atoms with Crippen molar-refractivity contribution in [3.8, 4) is 12.3 Å². The largest absolute Gasteiger partial charge is 0.367 e. The Balaban J connectivity index is 1.84. The molecule has 0 saturated carbocycles. The molecule has 0 unspecified atom stereocenters. The van der Waals surface area contributed by atoms with Gasteiger partial charge in [-0.1, -0.05) is 62.9 Å². The first-order chi connectivity index (χ1) is 16.5. The summed E-state index contributed by atoms with van der Waals surface area (Å²) >= 11 is 0. The summed E-state index contributed by atoms with van der Waals surface area (Å²) in [6.45, 7) is 5.94. The van der Waals surface area contributed by atoms with E-state index in [9.17, 15) is 14.4 Å². The number of amides is 4. The molecule has 9 heteroatoms. The van der Waals surface area contributed by atoms with Crippen molar-refractivity contribution in [2.24, 2.45) is 0 Å². The van der Waals surface area contributed by atoms with Gasteiger partial charge < -0.3 is 19.9 Å². The normalized spacial score (nSPS) is 20.8. The van der Waals surface area contributed by atoms with Gasteiger partial charge in [-0.25, -0.2) is 14.8 Å². The zero-order chi connectivity index (χ0) is 24.5. The quantitative estimate of drug-likeness (QED) is 0.416. The maximum atomic E-state index is 13.4. The number of hydrogen-bond acceptors (Lipinski definition) is 5. The molecule has 2 aliphatic heterocycles. The number of hydrazine groups is 1. The van der Waals surface area contributed by atoms with Gasteiger partial charge in [0.25, 0.3) is 0 Å². The summed E-state index contributed by atoms with van der Waals surface area (Å²) < 4.78 is 5.40. The smallest absolute Gasteiger partial charge is 0.334 e. The molecule has 0 aromatic heterocycles. The highest BCUT2D eigenvalue weighted by atomic mass is 16.5. The molecule has 0 spiro atoms. The van der Waals surface area contributed by atoms with Crippen LogP contribution in [-0.2, 0) is 20.9 Å². The van der Waals surface area contributed by atoms with Gasteiger partial charge in [0.15, 0.2) is 0 Å². The molecule has 2 heterocycles. The molecule has 0 radical (unpaired) electrons. The van der Waals surface area contributed by atoms with Crippen molar-refractivity contribution in [1.29, 1.82) is 0 Å². The fourth-order valence-corrected chi connectivity index (χ4v) is 4.50. The van der Waals surface area contributed by atoms with Crippen LogP contribution in [0.1, 0.15) is 38.7 Å². The second-order valence-electron chi connectivity index (χ2n) is 8.45. The highest BCUT2D eigenvalue weighted by molar-refractivity contribution is 5.91. The number of likely N-dealkylation sites (N-methyl/N-ethyl adjacent to an activating group) is 1. The Morgan fingerprint density at radius 3 is 2.68 bits per heavy atom. The van der Waals surface area contributed by atoms with Crippen molar-refractivity contribution in [2.45, 2.75) is 51.9 Å². The van der Waals surface area contributed by atoms with Crippen molar-refractivity contribution < 1.29 is 19.1 Å². The third-order valence-electron chi connectivity index (χ3n) is 6.21. The topological polar surface area (TPSA) is 85.4 Å². The van der Waals surface area contributed by atoms with E-state index in [2.05, 4.69) is 18.2 Å². The van der Waals surface area contributed by atoms with E-state index in [1.807, 2.05) is 37.3 Å². The number of rotatable bonds is 10. The van der Waals surface area contributed by atoms with Gasteiger partial charge in [-0.15, -0.1) is 6.42 Å². The van der Waals surface area contributed by atoms with Crippen molar-refractivity contribution in [2.75, 3.05) is 39.4 Å². The number of carbonyl (C=O) groups is 3. The number of terminal acetylenes is 1. The molecule has 1 aromatic rings. The Hall–Kier alpha value is -3.09. The van der Waals surface area contributed by atoms with Crippen LogP contribution in [0.3, 0.4) is 0 Å². The third kappa shape index (κ3) is 5.88. The SMILES string of the molecule is C#CCOCCN1C[C@H]2N(C(=O)CN(CC)N2C(=O)NCc2ccccc2)[C@@H](CCCC)C1=O. The van der Waals surface area contributed by atoms with Crippen molar-refractivity contribution in [3.05, 3.63) is 35.9 Å². The van der Waals surface area contributed by atoms with Gasteiger partial charge in [0, 0.05) is 19.6 Å². The van der Waals surface area contributed by atoms with E-state index in [0.29, 0.717) is 32.7 Å². The number of hydrogen-bond donors (Lipinski definition) is 1. The second-order valence-corrected chi connectivity index (χ2v) is 8.45. The molecular weight excluding hydrogens is 434 g/mol. The predicted octanol–water partition coefficient (Wildman–Crippen LogP) is 1.65. The lowest BCUT2D eigenvalue weighted by atomic mass is 10.0. The Labute approximate surface area is 202 Å². The Morgan fingerprint density at radius 1 is 1.24 bits per heavy atom. The van der Waals surface area contributed by atoms with E-state index in [1.165, 1.54) is 0 Å². The summed E-state index contributed by atoms with van der Waals surface area (Å²) in [5.41, 5.74) is 0.982. The zero-order valence-corrected chi connectivity index (χ0v) is 20.1. The van der Waals surface area contributed by atoms with Crippen LogP contribution in [0, 0.1) is 12.3 Å². The zero-order valence-electron chi connectivity index (χ0n) is 20.1. The number of nitrogens with one attached hydrogen (secondary N) is 1. The molecule has 1 N–H and O–H groups in total. The average Bonchev–Trinajstić information content (AvgIpc) is 2.85. The average molecular weight is 470 g/mol. The van der Waals surface area contributed by atoms with Gasteiger partial charge in [-0.3, -0.25) is 9.59 Å². The minimum Gasteiger partial charge on any atom is -0.367 e. The van der Waals surface area contributed by atoms with Crippen LogP contribution in [0.25, 0.3) is 0 Å². The van der Waals surface area contributed by atoms with Crippen molar-refractivity contribution in [1.82, 2.24) is 25.1 Å². The first-order valence-corrected chi connectivity index (χ1v) is 12.0. The van der Waals surface area contributed by atoms with Crippen LogP contribution in [0.4, 0.5) is 4.79 Å². The molecule has 2 aliphatic rings. The number of nitrogens with zero attached hydrogens (tertiary/aromatic N) is 4. The van der Waals surface area contributed by atoms with Crippen LogP contribution in [0.15, 0.2) is 30.3 Å². The van der Waals surface area contributed by atoms with E-state index in [-0.39, 0.29) is 37.5 Å². The molecule has 0 aliphatic carbocycles. The number of fused-ring (bicyclic) bond motifs is 1. The summed E-state index contributed by atoms with van der Waals surface area (Å²) in [6.07, 6.45) is 6.95. The number of carbonyl (C=O) groups excluding carboxylic acids is 3. The predicted molar refractivity (Wildman–Crippen MR) is 128 cm³/mol. The Morgan fingerprint density at radius 2 is 2.00 bits per heavy atom. The minimum atomic E-state index is -0.595. The Bertz CT molecular complexity index is 887. The van der Waals surface area contributed by atoms with E-state index in [1.54, 1.807) is 19.8 Å². The van der Waals surface area contributed by atoms with E-state index in [4.69, 9.17) is 11.2 Å². The van der Waals surface area contributed by atoms with Gasteiger partial charge in [0.1, 0.15) is 18.8 Å². The van der Waals surface area contributed by atoms with Crippen molar-refractivity contribution >= 4 is 17.8 Å². The molecule has 3 rings (SSSR count). The van der Waals surface area contributed by atoms with Gasteiger partial charge in [-0.2, -0.15) is 0 Å². The lowest BCUT2D eigenvalue weighted by Gasteiger charge is -2.55. The first-order valence-electron chi connectivity index (χ1n) is 12.0. The van der Waals surface area contributed by atoms with Crippen molar-refractivity contribution in [3.63, 3.8) is 0 Å². The molecule has 2 saturated heterocycles. The van der Waals surface area contributed by atoms with Crippen LogP contribution in [-0.4, -0.2) is 89.3 Å². The van der Waals surface area contributed by atoms with E-state index >= 15 is 0 Å². The van der Waals surface area contributed by atoms with Gasteiger partial charge in [0.05, 0.1) is 19.7 Å². The van der Waals surface area contributed by atoms with Crippen LogP contribution in [0.2, 0.25) is 0 Å². The third-order valence-corrected chi connectivity index (χ3v) is 6.21. The van der Waals surface area contributed by atoms with Crippen LogP contribution in [0.5, 0.6) is 0 Å². The fourth-order valence-electron chi connectivity index (χ4n) is 4.50. The summed E-state index contributed by atoms with van der Waals surface area (Å²) in [6, 6.07) is 8.78. The molecule has 2 atom stereocenters. The summed E-state index contributed by atoms with van der Waals surface area (Å²) in [7, 11) is 0. The van der Waals surface area contributed by atoms with E-state index < -0.39 is 12.2 Å². The highest BCUT2D eigenvalue weighted by Gasteiger charge is 2.50. The summed E-state index contributed by atoms with van der Waals surface area (Å²) in [5.74, 6) is 2.19. The molecule has 184 valence electrons. The maximum absolute atomic E-state index is 13.4. The Kier molecular flexibility index (Phi) is 9.31.